The lowest BCUT2D eigenvalue weighted by Crippen LogP contribution is -1.71. The molecule has 0 spiro atoms. The molecule has 1 heteroatoms. The molecule has 0 aliphatic heterocycles. The highest BCUT2D eigenvalue weighted by Gasteiger charge is 1.75. The summed E-state index contributed by atoms with van der Waals surface area (Å²) in [6, 6.07) is 0. The standard InChI is InChI=1S/C4H9B/c1-3-4(2)5/h3-4H,1,5H2,2H3. The predicted octanol–water partition coefficient (Wildman–Crippen LogP) is 0.614. The molecular weight excluding hydrogens is 58.9 g/mol. The van der Waals surface area contributed by atoms with E-state index < -0.39 is 0 Å². The molecule has 1 unspecified atom stereocenters. The van der Waals surface area contributed by atoms with Crippen molar-refractivity contribution in [2.24, 2.45) is 0 Å². The zero-order chi connectivity index (χ0) is 4.28. The van der Waals surface area contributed by atoms with E-state index in [0.717, 1.165) is 0 Å². The van der Waals surface area contributed by atoms with Crippen molar-refractivity contribution in [2.45, 2.75) is 12.7 Å². The topological polar surface area (TPSA) is 0 Å². The van der Waals surface area contributed by atoms with Gasteiger partial charge in [0.15, 0.2) is 0 Å². The normalized spacial score (nSPS) is 13.8. The molecule has 0 bridgehead atoms. The Labute approximate surface area is 34.3 Å². The average molecular weight is 67.9 g/mol. The fraction of sp³-hybridized carbons (Fsp3) is 0.500. The summed E-state index contributed by atoms with van der Waals surface area (Å²) in [6.45, 7) is 5.66. The maximum Gasteiger partial charge on any atom is 0.109 e. The Morgan fingerprint density at radius 2 is 2.20 bits per heavy atom. The van der Waals surface area contributed by atoms with Crippen molar-refractivity contribution in [3.05, 3.63) is 12.7 Å². The summed E-state index contributed by atoms with van der Waals surface area (Å²) in [5, 5.41) is 0. The van der Waals surface area contributed by atoms with Gasteiger partial charge in [0.25, 0.3) is 0 Å². The van der Waals surface area contributed by atoms with E-state index >= 15 is 0 Å². The third kappa shape index (κ3) is 3.80. The molecular formula is C4H9B. The second-order valence-corrected chi connectivity index (χ2v) is 1.48. The lowest BCUT2D eigenvalue weighted by Gasteiger charge is -1.83. The van der Waals surface area contributed by atoms with Gasteiger partial charge >= 0.3 is 0 Å². The fourth-order valence-electron chi connectivity index (χ4n) is 0. The molecule has 0 radical (unpaired) electrons. The van der Waals surface area contributed by atoms with Crippen LogP contribution in [0.5, 0.6) is 0 Å². The first-order valence-electron chi connectivity index (χ1n) is 1.90. The first-order chi connectivity index (χ1) is 2.27. The molecule has 0 nitrogen and oxygen atoms in total. The van der Waals surface area contributed by atoms with Gasteiger partial charge in [-0.2, -0.15) is 0 Å². The van der Waals surface area contributed by atoms with Crippen LogP contribution >= 0.6 is 0 Å². The van der Waals surface area contributed by atoms with Gasteiger partial charge in [0, 0.05) is 0 Å². The molecule has 0 aliphatic rings. The Morgan fingerprint density at radius 1 is 2.00 bits per heavy atom. The molecule has 0 saturated carbocycles. The van der Waals surface area contributed by atoms with Gasteiger partial charge in [-0.15, -0.1) is 6.58 Å². The van der Waals surface area contributed by atoms with Crippen molar-refractivity contribution < 1.29 is 0 Å². The fourth-order valence-corrected chi connectivity index (χ4v) is 0. The van der Waals surface area contributed by atoms with Crippen molar-refractivity contribution in [1.82, 2.24) is 0 Å². The van der Waals surface area contributed by atoms with Crippen LogP contribution in [0.3, 0.4) is 0 Å². The van der Waals surface area contributed by atoms with Gasteiger partial charge in [0.05, 0.1) is 0 Å². The Balaban J connectivity index is 2.83. The number of rotatable bonds is 1. The molecule has 0 heterocycles. The minimum absolute atomic E-state index is 0.648. The summed E-state index contributed by atoms with van der Waals surface area (Å²) in [5.41, 5.74) is 0. The molecule has 0 aromatic heterocycles. The SMILES string of the molecule is BC(C)C=C. The van der Waals surface area contributed by atoms with Crippen molar-refractivity contribution in [1.29, 1.82) is 0 Å². The van der Waals surface area contributed by atoms with Gasteiger partial charge in [-0.1, -0.05) is 18.8 Å². The molecule has 0 fully saturated rings. The predicted molar refractivity (Wildman–Crippen MR) is 28.2 cm³/mol. The maximum atomic E-state index is 3.56. The first-order valence-corrected chi connectivity index (χ1v) is 1.90. The Morgan fingerprint density at radius 3 is 2.20 bits per heavy atom. The zero-order valence-corrected chi connectivity index (χ0v) is 3.86. The third-order valence-electron chi connectivity index (χ3n) is 0.471. The summed E-state index contributed by atoms with van der Waals surface area (Å²) in [4.78, 5) is 0. The van der Waals surface area contributed by atoms with Crippen LogP contribution in [0.25, 0.3) is 0 Å². The van der Waals surface area contributed by atoms with E-state index in [4.69, 9.17) is 0 Å². The second-order valence-electron chi connectivity index (χ2n) is 1.48. The van der Waals surface area contributed by atoms with Crippen LogP contribution in [-0.4, -0.2) is 7.85 Å². The molecule has 0 aromatic rings. The number of allylic oxidation sites excluding steroid dienone is 1. The maximum absolute atomic E-state index is 3.56. The molecule has 0 N–H and O–H groups in total. The quantitative estimate of drug-likeness (QED) is 0.312. The lowest BCUT2D eigenvalue weighted by molar-refractivity contribution is 1.22. The second kappa shape index (κ2) is 2.07. The van der Waals surface area contributed by atoms with E-state index in [1.807, 2.05) is 6.08 Å². The number of hydrogen-bond donors (Lipinski definition) is 0. The van der Waals surface area contributed by atoms with E-state index in [1.54, 1.807) is 0 Å². The van der Waals surface area contributed by atoms with Gasteiger partial charge in [-0.25, -0.2) is 0 Å². The van der Waals surface area contributed by atoms with E-state index in [0.29, 0.717) is 5.82 Å². The van der Waals surface area contributed by atoms with Gasteiger partial charge in [0.2, 0.25) is 0 Å². The Bertz CT molecular complexity index is 30.6. The minimum atomic E-state index is 0.648. The highest BCUT2D eigenvalue weighted by Crippen LogP contribution is 1.91. The average Bonchev–Trinajstić information content (AvgIpc) is 1.38. The summed E-state index contributed by atoms with van der Waals surface area (Å²) in [5.74, 6) is 0.648. The van der Waals surface area contributed by atoms with E-state index in [2.05, 4.69) is 21.3 Å². The lowest BCUT2D eigenvalue weighted by atomic mass is 9.90. The van der Waals surface area contributed by atoms with Crippen molar-refractivity contribution in [3.63, 3.8) is 0 Å². The molecule has 0 aliphatic carbocycles. The molecule has 0 saturated heterocycles. The molecule has 0 aromatic carbocycles. The molecule has 28 valence electrons. The molecule has 1 atom stereocenters. The highest BCUT2D eigenvalue weighted by molar-refractivity contribution is 6.12. The van der Waals surface area contributed by atoms with Crippen LogP contribution in [0, 0.1) is 0 Å². The zero-order valence-electron chi connectivity index (χ0n) is 3.86. The largest absolute Gasteiger partial charge is 0.109 e. The highest BCUT2D eigenvalue weighted by atomic mass is 13.7. The molecule has 5 heavy (non-hydrogen) atoms. The van der Waals surface area contributed by atoms with Crippen LogP contribution in [0.15, 0.2) is 12.7 Å². The minimum Gasteiger partial charge on any atom is -0.104 e. The Hall–Kier alpha value is -0.195. The van der Waals surface area contributed by atoms with Crippen LogP contribution in [0.4, 0.5) is 0 Å². The van der Waals surface area contributed by atoms with Crippen LogP contribution in [0.1, 0.15) is 6.92 Å². The smallest absolute Gasteiger partial charge is 0.104 e. The van der Waals surface area contributed by atoms with Crippen LogP contribution in [0.2, 0.25) is 5.82 Å². The van der Waals surface area contributed by atoms with Gasteiger partial charge < -0.3 is 0 Å². The third-order valence-corrected chi connectivity index (χ3v) is 0.471. The summed E-state index contributed by atoms with van der Waals surface area (Å²) >= 11 is 0. The summed E-state index contributed by atoms with van der Waals surface area (Å²) < 4.78 is 0. The van der Waals surface area contributed by atoms with Crippen molar-refractivity contribution in [3.8, 4) is 0 Å². The molecule has 0 rings (SSSR count). The monoisotopic (exact) mass is 68.1 g/mol. The van der Waals surface area contributed by atoms with Crippen LogP contribution in [-0.2, 0) is 0 Å². The number of hydrogen-bond acceptors (Lipinski definition) is 0. The van der Waals surface area contributed by atoms with Crippen molar-refractivity contribution in [2.75, 3.05) is 0 Å². The van der Waals surface area contributed by atoms with Gasteiger partial charge in [0.1, 0.15) is 7.85 Å². The molecule has 0 amide bonds. The van der Waals surface area contributed by atoms with E-state index in [9.17, 15) is 0 Å². The van der Waals surface area contributed by atoms with Gasteiger partial charge in [-0.3, -0.25) is 0 Å². The van der Waals surface area contributed by atoms with E-state index in [-0.39, 0.29) is 0 Å². The Kier molecular flexibility index (Phi) is 1.99. The van der Waals surface area contributed by atoms with Crippen LogP contribution < -0.4 is 0 Å². The van der Waals surface area contributed by atoms with Crippen molar-refractivity contribution >= 4 is 7.85 Å². The van der Waals surface area contributed by atoms with E-state index in [1.165, 1.54) is 0 Å². The summed E-state index contributed by atoms with van der Waals surface area (Å²) in [7, 11) is 2.10. The first kappa shape index (κ1) is 4.80. The van der Waals surface area contributed by atoms with Gasteiger partial charge in [-0.05, 0) is 0 Å². The summed E-state index contributed by atoms with van der Waals surface area (Å²) in [6.07, 6.45) is 1.92.